The van der Waals surface area contributed by atoms with Gasteiger partial charge in [-0.15, -0.1) is 0 Å². The minimum atomic E-state index is -0.456. The van der Waals surface area contributed by atoms with Gasteiger partial charge in [-0.3, -0.25) is 14.9 Å². The second-order valence-corrected chi connectivity index (χ2v) is 8.45. The lowest BCUT2D eigenvalue weighted by Crippen LogP contribution is -2.45. The van der Waals surface area contributed by atoms with Crippen LogP contribution in [0.2, 0.25) is 0 Å². The molecular formula is C24H27N5O2. The molecule has 0 spiro atoms. The molecule has 3 aromatic rings. The van der Waals surface area contributed by atoms with E-state index in [0.717, 1.165) is 67.8 Å². The molecule has 160 valence electrons. The first-order valence-corrected chi connectivity index (χ1v) is 11.0. The van der Waals surface area contributed by atoms with Crippen molar-refractivity contribution in [3.8, 4) is 17.1 Å². The molecule has 31 heavy (non-hydrogen) atoms. The van der Waals surface area contributed by atoms with Gasteiger partial charge in [-0.25, -0.2) is 4.98 Å². The number of rotatable bonds is 5. The number of pyridine rings is 1. The summed E-state index contributed by atoms with van der Waals surface area (Å²) in [5, 5.41) is 7.50. The first kappa shape index (κ1) is 19.7. The highest BCUT2D eigenvalue weighted by Crippen LogP contribution is 2.45. The SMILES string of the molecule is COc1ccc(C2(C(=O)N3CCCC3c3nc(-c4ccncc4)n[nH]3)CCCC2)cc1. The highest BCUT2D eigenvalue weighted by molar-refractivity contribution is 5.89. The quantitative estimate of drug-likeness (QED) is 0.677. The van der Waals surface area contributed by atoms with E-state index in [1.807, 2.05) is 29.2 Å². The van der Waals surface area contributed by atoms with Crippen LogP contribution in [0.1, 0.15) is 56.0 Å². The minimum Gasteiger partial charge on any atom is -0.497 e. The monoisotopic (exact) mass is 417 g/mol. The fourth-order valence-corrected chi connectivity index (χ4v) is 5.14. The topological polar surface area (TPSA) is 84.0 Å². The summed E-state index contributed by atoms with van der Waals surface area (Å²) in [5.74, 6) is 2.44. The van der Waals surface area contributed by atoms with Crippen molar-refractivity contribution in [3.05, 3.63) is 60.2 Å². The number of hydrogen-bond donors (Lipinski definition) is 1. The number of carbonyl (C=O) groups is 1. The Labute approximate surface area is 181 Å². The first-order valence-electron chi connectivity index (χ1n) is 11.0. The predicted octanol–water partition coefficient (Wildman–Crippen LogP) is 4.05. The lowest BCUT2D eigenvalue weighted by molar-refractivity contribution is -0.138. The van der Waals surface area contributed by atoms with Gasteiger partial charge < -0.3 is 9.64 Å². The van der Waals surface area contributed by atoms with Gasteiger partial charge >= 0.3 is 0 Å². The number of carbonyl (C=O) groups excluding carboxylic acids is 1. The third-order valence-corrected chi connectivity index (χ3v) is 6.78. The van der Waals surface area contributed by atoms with E-state index < -0.39 is 5.41 Å². The number of benzene rings is 1. The van der Waals surface area contributed by atoms with Crippen LogP contribution < -0.4 is 4.74 Å². The number of nitrogens with zero attached hydrogens (tertiary/aromatic N) is 4. The van der Waals surface area contributed by atoms with Crippen LogP contribution in [0, 0.1) is 0 Å². The number of amides is 1. The van der Waals surface area contributed by atoms with Crippen LogP contribution in [0.5, 0.6) is 5.75 Å². The van der Waals surface area contributed by atoms with Crippen molar-refractivity contribution in [1.82, 2.24) is 25.1 Å². The average Bonchev–Trinajstić information content (AvgIpc) is 3.60. The van der Waals surface area contributed by atoms with Crippen LogP contribution >= 0.6 is 0 Å². The summed E-state index contributed by atoms with van der Waals surface area (Å²) in [6.07, 6.45) is 9.26. The number of ether oxygens (including phenoxy) is 1. The number of likely N-dealkylation sites (tertiary alicyclic amines) is 1. The highest BCUT2D eigenvalue weighted by atomic mass is 16.5. The van der Waals surface area contributed by atoms with Crippen LogP contribution in [0.3, 0.4) is 0 Å². The summed E-state index contributed by atoms with van der Waals surface area (Å²) >= 11 is 0. The summed E-state index contributed by atoms with van der Waals surface area (Å²) in [6, 6.07) is 11.8. The molecular weight excluding hydrogens is 390 g/mol. The molecule has 1 aromatic carbocycles. The number of H-pyrrole nitrogens is 1. The largest absolute Gasteiger partial charge is 0.497 e. The molecule has 7 heteroatoms. The molecule has 1 saturated carbocycles. The molecule has 0 bridgehead atoms. The molecule has 1 amide bonds. The third kappa shape index (κ3) is 3.48. The maximum absolute atomic E-state index is 14.0. The molecule has 0 radical (unpaired) electrons. The molecule has 2 aliphatic rings. The third-order valence-electron chi connectivity index (χ3n) is 6.78. The molecule has 2 fully saturated rings. The van der Waals surface area contributed by atoms with E-state index in [1.165, 1.54) is 0 Å². The van der Waals surface area contributed by atoms with Gasteiger partial charge in [-0.1, -0.05) is 25.0 Å². The Hall–Kier alpha value is -3.22. The predicted molar refractivity (Wildman–Crippen MR) is 116 cm³/mol. The first-order chi connectivity index (χ1) is 15.2. The van der Waals surface area contributed by atoms with Gasteiger partial charge in [0.05, 0.1) is 18.6 Å². The van der Waals surface area contributed by atoms with Gasteiger partial charge in [-0.2, -0.15) is 5.10 Å². The molecule has 2 aromatic heterocycles. The number of aromatic nitrogens is 4. The van der Waals surface area contributed by atoms with E-state index in [9.17, 15) is 4.79 Å². The Morgan fingerprint density at radius 3 is 2.55 bits per heavy atom. The second kappa shape index (κ2) is 8.13. The Kier molecular flexibility index (Phi) is 5.18. The van der Waals surface area contributed by atoms with Crippen molar-refractivity contribution in [3.63, 3.8) is 0 Å². The smallest absolute Gasteiger partial charge is 0.233 e. The molecule has 7 nitrogen and oxygen atoms in total. The highest BCUT2D eigenvalue weighted by Gasteiger charge is 2.48. The van der Waals surface area contributed by atoms with Crippen molar-refractivity contribution in [2.75, 3.05) is 13.7 Å². The summed E-state index contributed by atoms with van der Waals surface area (Å²) < 4.78 is 5.32. The van der Waals surface area contributed by atoms with Gasteiger partial charge in [0, 0.05) is 24.5 Å². The van der Waals surface area contributed by atoms with E-state index in [4.69, 9.17) is 9.72 Å². The Morgan fingerprint density at radius 2 is 1.84 bits per heavy atom. The van der Waals surface area contributed by atoms with E-state index in [0.29, 0.717) is 5.82 Å². The molecule has 1 unspecified atom stereocenters. The summed E-state index contributed by atoms with van der Waals surface area (Å²) in [4.78, 5) is 24.8. The van der Waals surface area contributed by atoms with Gasteiger partial charge in [0.15, 0.2) is 5.82 Å². The maximum Gasteiger partial charge on any atom is 0.233 e. The Morgan fingerprint density at radius 1 is 1.10 bits per heavy atom. The number of aromatic amines is 1. The van der Waals surface area contributed by atoms with Crippen molar-refractivity contribution in [2.24, 2.45) is 0 Å². The molecule has 1 atom stereocenters. The standard InChI is InChI=1S/C24H27N5O2/c1-31-19-8-6-18(7-9-19)24(12-2-3-13-24)23(30)29-16-4-5-20(29)22-26-21(27-28-22)17-10-14-25-15-11-17/h6-11,14-15,20H,2-5,12-13,16H2,1H3,(H,26,27,28). The second-order valence-electron chi connectivity index (χ2n) is 8.45. The lowest BCUT2D eigenvalue weighted by atomic mass is 9.77. The number of methoxy groups -OCH3 is 1. The molecule has 1 aliphatic heterocycles. The molecule has 1 saturated heterocycles. The van der Waals surface area contributed by atoms with E-state index in [1.54, 1.807) is 19.5 Å². The van der Waals surface area contributed by atoms with Gasteiger partial charge in [0.2, 0.25) is 5.91 Å². The average molecular weight is 418 g/mol. The zero-order valence-electron chi connectivity index (χ0n) is 17.8. The van der Waals surface area contributed by atoms with Crippen molar-refractivity contribution >= 4 is 5.91 Å². The van der Waals surface area contributed by atoms with Crippen LogP contribution in [-0.2, 0) is 10.2 Å². The summed E-state index contributed by atoms with van der Waals surface area (Å²) in [5.41, 5.74) is 1.55. The van der Waals surface area contributed by atoms with Gasteiger partial charge in [0.25, 0.3) is 0 Å². The molecule has 3 heterocycles. The molecule has 1 N–H and O–H groups in total. The molecule has 5 rings (SSSR count). The minimum absolute atomic E-state index is 0.0636. The zero-order valence-corrected chi connectivity index (χ0v) is 17.8. The van der Waals surface area contributed by atoms with Crippen molar-refractivity contribution in [1.29, 1.82) is 0 Å². The van der Waals surface area contributed by atoms with E-state index in [2.05, 4.69) is 27.3 Å². The number of hydrogen-bond acceptors (Lipinski definition) is 5. The maximum atomic E-state index is 14.0. The molecule has 1 aliphatic carbocycles. The van der Waals surface area contributed by atoms with Crippen molar-refractivity contribution < 1.29 is 9.53 Å². The van der Waals surface area contributed by atoms with Crippen molar-refractivity contribution in [2.45, 2.75) is 50.0 Å². The van der Waals surface area contributed by atoms with Crippen LogP contribution in [0.4, 0.5) is 0 Å². The van der Waals surface area contributed by atoms with Crippen LogP contribution in [-0.4, -0.2) is 44.6 Å². The lowest BCUT2D eigenvalue weighted by Gasteiger charge is -2.35. The normalized spacial score (nSPS) is 20.2. The summed E-state index contributed by atoms with van der Waals surface area (Å²) in [7, 11) is 1.66. The van der Waals surface area contributed by atoms with E-state index in [-0.39, 0.29) is 11.9 Å². The van der Waals surface area contributed by atoms with E-state index >= 15 is 0 Å². The Balaban J connectivity index is 1.44. The Bertz CT molecular complexity index is 1040. The zero-order chi connectivity index (χ0) is 21.3. The van der Waals surface area contributed by atoms with Crippen LogP contribution in [0.25, 0.3) is 11.4 Å². The summed E-state index contributed by atoms with van der Waals surface area (Å²) in [6.45, 7) is 0.757. The van der Waals surface area contributed by atoms with Crippen LogP contribution in [0.15, 0.2) is 48.8 Å². The fourth-order valence-electron chi connectivity index (χ4n) is 5.14. The van der Waals surface area contributed by atoms with Gasteiger partial charge in [-0.05, 0) is 55.5 Å². The van der Waals surface area contributed by atoms with Gasteiger partial charge in [0.1, 0.15) is 11.6 Å². The number of nitrogens with one attached hydrogen (secondary N) is 1. The fraction of sp³-hybridized carbons (Fsp3) is 0.417.